The second-order valence-corrected chi connectivity index (χ2v) is 4.09. The van der Waals surface area contributed by atoms with Gasteiger partial charge < -0.3 is 14.6 Å². The maximum absolute atomic E-state index is 11.0. The van der Waals surface area contributed by atoms with Crippen molar-refractivity contribution in [3.8, 4) is 5.75 Å². The van der Waals surface area contributed by atoms with Crippen molar-refractivity contribution in [2.45, 2.75) is 19.8 Å². The van der Waals surface area contributed by atoms with E-state index in [-0.39, 0.29) is 11.5 Å². The molecule has 0 fully saturated rings. The number of hydrogen-bond acceptors (Lipinski definition) is 3. The molecule has 0 aromatic heterocycles. The molecule has 0 aliphatic heterocycles. The molecule has 1 aromatic carbocycles. The van der Waals surface area contributed by atoms with E-state index in [1.165, 1.54) is 6.07 Å². The van der Waals surface area contributed by atoms with E-state index in [9.17, 15) is 4.79 Å². The third kappa shape index (κ3) is 4.07. The Hall–Kier alpha value is -1.55. The van der Waals surface area contributed by atoms with Crippen molar-refractivity contribution in [2.24, 2.45) is 0 Å². The molecular weight excluding hydrogens is 220 g/mol. The zero-order chi connectivity index (χ0) is 12.8. The van der Waals surface area contributed by atoms with E-state index in [1.54, 1.807) is 13.2 Å². The van der Waals surface area contributed by atoms with Crippen molar-refractivity contribution in [1.82, 2.24) is 0 Å². The molecule has 0 radical (unpaired) electrons. The highest BCUT2D eigenvalue weighted by Crippen LogP contribution is 2.23. The highest BCUT2D eigenvalue weighted by Gasteiger charge is 2.09. The molecule has 4 nitrogen and oxygen atoms in total. The Balaban J connectivity index is 2.91. The topological polar surface area (TPSA) is 55.8 Å². The largest absolute Gasteiger partial charge is 0.491 e. The Kier molecular flexibility index (Phi) is 4.97. The van der Waals surface area contributed by atoms with Crippen LogP contribution in [-0.2, 0) is 4.74 Å². The number of carboxylic acids is 1. The molecule has 4 heteroatoms. The highest BCUT2D eigenvalue weighted by atomic mass is 16.5. The van der Waals surface area contributed by atoms with E-state index in [0.29, 0.717) is 19.0 Å². The van der Waals surface area contributed by atoms with Gasteiger partial charge in [0, 0.05) is 7.11 Å². The molecule has 0 spiro atoms. The van der Waals surface area contributed by atoms with Gasteiger partial charge in [0.25, 0.3) is 0 Å². The second kappa shape index (κ2) is 6.25. The summed E-state index contributed by atoms with van der Waals surface area (Å²) in [5, 5.41) is 9.01. The van der Waals surface area contributed by atoms with Gasteiger partial charge in [-0.3, -0.25) is 0 Å². The first-order valence-corrected chi connectivity index (χ1v) is 5.54. The van der Waals surface area contributed by atoms with Crippen LogP contribution in [0, 0.1) is 0 Å². The number of methoxy groups -OCH3 is 1. The van der Waals surface area contributed by atoms with Crippen LogP contribution >= 0.6 is 0 Å². The second-order valence-electron chi connectivity index (χ2n) is 4.09. The number of ether oxygens (including phenoxy) is 2. The molecule has 0 unspecified atom stereocenters. The van der Waals surface area contributed by atoms with Crippen LogP contribution in [0.5, 0.6) is 5.75 Å². The predicted octanol–water partition coefficient (Wildman–Crippen LogP) is 2.53. The van der Waals surface area contributed by atoms with Crippen LogP contribution in [0.2, 0.25) is 0 Å². The standard InChI is InChI=1S/C13H18O4/c1-9(2)10-6-11(13(14)15)8-12(7-10)17-5-4-16-3/h6-9H,4-5H2,1-3H3,(H,14,15). The van der Waals surface area contributed by atoms with Crippen molar-refractivity contribution in [3.63, 3.8) is 0 Å². The summed E-state index contributed by atoms with van der Waals surface area (Å²) < 4.78 is 10.3. The first-order chi connectivity index (χ1) is 8.04. The van der Waals surface area contributed by atoms with Crippen LogP contribution in [0.25, 0.3) is 0 Å². The average Bonchev–Trinajstić information content (AvgIpc) is 2.29. The molecule has 0 amide bonds. The van der Waals surface area contributed by atoms with Crippen molar-refractivity contribution >= 4 is 5.97 Å². The van der Waals surface area contributed by atoms with Gasteiger partial charge in [-0.2, -0.15) is 0 Å². The quantitative estimate of drug-likeness (QED) is 0.774. The van der Waals surface area contributed by atoms with E-state index < -0.39 is 5.97 Å². The number of rotatable bonds is 6. The van der Waals surface area contributed by atoms with Gasteiger partial charge in [0.05, 0.1) is 12.2 Å². The van der Waals surface area contributed by atoms with Crippen molar-refractivity contribution in [3.05, 3.63) is 29.3 Å². The lowest BCUT2D eigenvalue weighted by Crippen LogP contribution is -2.06. The summed E-state index contributed by atoms with van der Waals surface area (Å²) in [7, 11) is 1.59. The number of aromatic carboxylic acids is 1. The minimum Gasteiger partial charge on any atom is -0.491 e. The summed E-state index contributed by atoms with van der Waals surface area (Å²) in [5.41, 5.74) is 1.21. The molecule has 0 heterocycles. The predicted molar refractivity (Wildman–Crippen MR) is 64.9 cm³/mol. The smallest absolute Gasteiger partial charge is 0.335 e. The van der Waals surface area contributed by atoms with Gasteiger partial charge in [-0.05, 0) is 29.7 Å². The van der Waals surface area contributed by atoms with Crippen LogP contribution in [0.4, 0.5) is 0 Å². The zero-order valence-corrected chi connectivity index (χ0v) is 10.4. The number of carboxylic acid groups (broad SMARTS) is 1. The van der Waals surface area contributed by atoms with Crippen LogP contribution < -0.4 is 4.74 Å². The highest BCUT2D eigenvalue weighted by molar-refractivity contribution is 5.88. The molecule has 0 aliphatic rings. The molecular formula is C13H18O4. The summed E-state index contributed by atoms with van der Waals surface area (Å²) in [6, 6.07) is 5.08. The van der Waals surface area contributed by atoms with Crippen LogP contribution in [0.1, 0.15) is 35.7 Å². The van der Waals surface area contributed by atoms with E-state index in [4.69, 9.17) is 14.6 Å². The Labute approximate surface area is 101 Å². The minimum absolute atomic E-state index is 0.253. The number of hydrogen-bond donors (Lipinski definition) is 1. The average molecular weight is 238 g/mol. The van der Waals surface area contributed by atoms with Gasteiger partial charge >= 0.3 is 5.97 Å². The number of carbonyl (C=O) groups is 1. The van der Waals surface area contributed by atoms with E-state index in [0.717, 1.165) is 5.56 Å². The van der Waals surface area contributed by atoms with Gasteiger partial charge in [-0.1, -0.05) is 13.8 Å². The summed E-state index contributed by atoms with van der Waals surface area (Å²) in [4.78, 5) is 11.0. The fourth-order valence-electron chi connectivity index (χ4n) is 1.41. The monoisotopic (exact) mass is 238 g/mol. The molecule has 0 saturated heterocycles. The lowest BCUT2D eigenvalue weighted by atomic mass is 10.0. The first-order valence-electron chi connectivity index (χ1n) is 5.54. The fraction of sp³-hybridized carbons (Fsp3) is 0.462. The van der Waals surface area contributed by atoms with Gasteiger partial charge in [-0.15, -0.1) is 0 Å². The van der Waals surface area contributed by atoms with Gasteiger partial charge in [0.2, 0.25) is 0 Å². The first kappa shape index (κ1) is 13.5. The molecule has 1 aromatic rings. The lowest BCUT2D eigenvalue weighted by Gasteiger charge is -2.11. The minimum atomic E-state index is -0.941. The third-order valence-corrected chi connectivity index (χ3v) is 2.40. The van der Waals surface area contributed by atoms with E-state index >= 15 is 0 Å². The Morgan fingerprint density at radius 2 is 2.00 bits per heavy atom. The van der Waals surface area contributed by atoms with Crippen molar-refractivity contribution in [1.29, 1.82) is 0 Å². The molecule has 0 atom stereocenters. The molecule has 0 saturated carbocycles. The lowest BCUT2D eigenvalue weighted by molar-refractivity contribution is 0.0696. The summed E-state index contributed by atoms with van der Waals surface area (Å²) in [5.74, 6) is -0.103. The van der Waals surface area contributed by atoms with Crippen LogP contribution in [0.15, 0.2) is 18.2 Å². The Morgan fingerprint density at radius 3 is 2.53 bits per heavy atom. The zero-order valence-electron chi connectivity index (χ0n) is 10.4. The summed E-state index contributed by atoms with van der Waals surface area (Å²) in [6.07, 6.45) is 0. The summed E-state index contributed by atoms with van der Waals surface area (Å²) >= 11 is 0. The van der Waals surface area contributed by atoms with Crippen molar-refractivity contribution in [2.75, 3.05) is 20.3 Å². The normalized spacial score (nSPS) is 10.6. The molecule has 17 heavy (non-hydrogen) atoms. The summed E-state index contributed by atoms with van der Waals surface area (Å²) in [6.45, 7) is 4.92. The molecule has 1 N–H and O–H groups in total. The van der Waals surface area contributed by atoms with Crippen LogP contribution in [-0.4, -0.2) is 31.4 Å². The van der Waals surface area contributed by atoms with Crippen LogP contribution in [0.3, 0.4) is 0 Å². The fourth-order valence-corrected chi connectivity index (χ4v) is 1.41. The van der Waals surface area contributed by atoms with Gasteiger partial charge in [0.15, 0.2) is 0 Å². The van der Waals surface area contributed by atoms with E-state index in [2.05, 4.69) is 0 Å². The van der Waals surface area contributed by atoms with Gasteiger partial charge in [0.1, 0.15) is 12.4 Å². The number of benzene rings is 1. The molecule has 1 rings (SSSR count). The molecule has 0 bridgehead atoms. The Bertz CT molecular complexity index is 385. The van der Waals surface area contributed by atoms with Gasteiger partial charge in [-0.25, -0.2) is 4.79 Å². The molecule has 94 valence electrons. The van der Waals surface area contributed by atoms with Crippen molar-refractivity contribution < 1.29 is 19.4 Å². The molecule has 0 aliphatic carbocycles. The third-order valence-electron chi connectivity index (χ3n) is 2.40. The maximum Gasteiger partial charge on any atom is 0.335 e. The maximum atomic E-state index is 11.0. The SMILES string of the molecule is COCCOc1cc(C(=O)O)cc(C(C)C)c1. The Morgan fingerprint density at radius 1 is 1.29 bits per heavy atom. The van der Waals surface area contributed by atoms with E-state index in [1.807, 2.05) is 19.9 Å².